The molecule has 11 heteroatoms. The molecule has 2 heterocycles. The summed E-state index contributed by atoms with van der Waals surface area (Å²) in [6.45, 7) is 4.52. The van der Waals surface area contributed by atoms with Gasteiger partial charge in [0, 0.05) is 42.1 Å². The fourth-order valence-electron chi connectivity index (χ4n) is 6.24. The average Bonchev–Trinajstić information content (AvgIpc) is 3.16. The molecule has 3 unspecified atom stereocenters. The van der Waals surface area contributed by atoms with Crippen LogP contribution in [0.25, 0.3) is 0 Å². The molecular weight excluding hydrogens is 461 g/mol. The van der Waals surface area contributed by atoms with Crippen LogP contribution in [0.3, 0.4) is 0 Å². The van der Waals surface area contributed by atoms with Crippen LogP contribution in [0.1, 0.15) is 44.6 Å². The van der Waals surface area contributed by atoms with Gasteiger partial charge in [-0.1, -0.05) is 13.0 Å². The van der Waals surface area contributed by atoms with Crippen molar-refractivity contribution in [3.8, 4) is 0 Å². The topological polar surface area (TPSA) is 86.9 Å². The number of hydrogen-bond acceptors (Lipinski definition) is 4. The summed E-state index contributed by atoms with van der Waals surface area (Å²) < 4.78 is 60.4. The molecule has 0 bridgehead atoms. The summed E-state index contributed by atoms with van der Waals surface area (Å²) in [5, 5.41) is 7.12. The van der Waals surface area contributed by atoms with E-state index in [0.29, 0.717) is 19.0 Å². The van der Waals surface area contributed by atoms with Crippen LogP contribution in [0.5, 0.6) is 0 Å². The second-order valence-electron chi connectivity index (χ2n) is 10.0. The Balaban J connectivity index is 0.000000344. The minimum absolute atomic E-state index is 0.0682. The number of carbonyl (C=O) groups is 2. The number of alkyl halides is 3. The molecule has 2 aliphatic heterocycles. The van der Waals surface area contributed by atoms with Gasteiger partial charge in [-0.05, 0) is 50.8 Å². The Morgan fingerprint density at radius 3 is 2.21 bits per heavy atom. The van der Waals surface area contributed by atoms with Crippen molar-refractivity contribution < 1.29 is 36.6 Å². The smallest absolute Gasteiger partial charge is 0.475 e. The van der Waals surface area contributed by atoms with Crippen molar-refractivity contribution in [2.45, 2.75) is 68.2 Å². The number of aliphatic carboxylic acids is 1. The number of halogens is 5. The third-order valence-electron chi connectivity index (χ3n) is 7.94. The Hall–Kier alpha value is -2.27. The van der Waals surface area contributed by atoms with Gasteiger partial charge >= 0.3 is 12.1 Å². The number of fused-ring (bicyclic) bond motifs is 2. The molecule has 4 aliphatic rings. The Labute approximate surface area is 193 Å². The standard InChI is InChI=1S/C21H27F2N3O.C2HF3O2/c1-20(18-15(22)4-2-5-16(18)23)12-14(20)19(27)26-9-8-25-7-3-6-17(25)21(26)10-13(24)11-21;3-2(4,5)1(6)7/h2,4-5,13-14,17H,3,6-12,24H2,1H3;(H,6,7). The first kappa shape index (κ1) is 24.8. The van der Waals surface area contributed by atoms with Gasteiger partial charge < -0.3 is 15.7 Å². The van der Waals surface area contributed by atoms with E-state index >= 15 is 0 Å². The monoisotopic (exact) mass is 489 g/mol. The maximum Gasteiger partial charge on any atom is 0.490 e. The molecule has 1 aromatic carbocycles. The van der Waals surface area contributed by atoms with Crippen LogP contribution in [0, 0.1) is 17.6 Å². The van der Waals surface area contributed by atoms with E-state index < -0.39 is 29.2 Å². The molecule has 34 heavy (non-hydrogen) atoms. The van der Waals surface area contributed by atoms with Gasteiger partial charge in [-0.25, -0.2) is 13.6 Å². The van der Waals surface area contributed by atoms with E-state index in [-0.39, 0.29) is 29.0 Å². The Bertz CT molecular complexity index is 961. The van der Waals surface area contributed by atoms with Crippen molar-refractivity contribution in [3.05, 3.63) is 35.4 Å². The fourth-order valence-corrected chi connectivity index (χ4v) is 6.24. The summed E-state index contributed by atoms with van der Waals surface area (Å²) in [7, 11) is 0. The first-order valence-corrected chi connectivity index (χ1v) is 11.4. The minimum atomic E-state index is -5.08. The van der Waals surface area contributed by atoms with Gasteiger partial charge in [0.15, 0.2) is 0 Å². The fraction of sp³-hybridized carbons (Fsp3) is 0.652. The number of carboxylic acid groups (broad SMARTS) is 1. The lowest BCUT2D eigenvalue weighted by Crippen LogP contribution is -2.75. The van der Waals surface area contributed by atoms with E-state index in [4.69, 9.17) is 15.6 Å². The van der Waals surface area contributed by atoms with Gasteiger partial charge in [0.2, 0.25) is 5.91 Å². The third kappa shape index (κ3) is 4.06. The van der Waals surface area contributed by atoms with Crippen LogP contribution in [0.2, 0.25) is 0 Å². The van der Waals surface area contributed by atoms with Crippen LogP contribution >= 0.6 is 0 Å². The minimum Gasteiger partial charge on any atom is -0.475 e. The van der Waals surface area contributed by atoms with E-state index in [1.54, 1.807) is 0 Å². The average molecular weight is 489 g/mol. The van der Waals surface area contributed by atoms with Crippen molar-refractivity contribution in [1.29, 1.82) is 0 Å². The van der Waals surface area contributed by atoms with Crippen LogP contribution in [0.15, 0.2) is 18.2 Å². The number of rotatable bonds is 2. The van der Waals surface area contributed by atoms with Crippen LogP contribution in [-0.4, -0.2) is 70.2 Å². The zero-order valence-electron chi connectivity index (χ0n) is 18.7. The molecule has 6 nitrogen and oxygen atoms in total. The number of carboxylic acids is 1. The number of nitrogens with zero attached hydrogens (tertiary/aromatic N) is 2. The number of benzene rings is 1. The van der Waals surface area contributed by atoms with Gasteiger partial charge in [0.05, 0.1) is 5.54 Å². The number of nitrogens with two attached hydrogens (primary N) is 1. The summed E-state index contributed by atoms with van der Waals surface area (Å²) in [4.78, 5) is 27.0. The Morgan fingerprint density at radius 2 is 1.68 bits per heavy atom. The molecule has 0 aromatic heterocycles. The molecule has 3 N–H and O–H groups in total. The van der Waals surface area contributed by atoms with E-state index in [1.165, 1.54) is 24.6 Å². The predicted octanol–water partition coefficient (Wildman–Crippen LogP) is 3.04. The van der Waals surface area contributed by atoms with Crippen molar-refractivity contribution in [1.82, 2.24) is 9.80 Å². The van der Waals surface area contributed by atoms with E-state index in [9.17, 15) is 26.7 Å². The van der Waals surface area contributed by atoms with Gasteiger partial charge in [-0.3, -0.25) is 9.69 Å². The quantitative estimate of drug-likeness (QED) is 0.624. The molecule has 1 spiro atoms. The molecule has 4 fully saturated rings. The lowest BCUT2D eigenvalue weighted by Gasteiger charge is -2.61. The summed E-state index contributed by atoms with van der Waals surface area (Å²) in [6.07, 6.45) is -0.600. The summed E-state index contributed by atoms with van der Waals surface area (Å²) >= 11 is 0. The van der Waals surface area contributed by atoms with Crippen molar-refractivity contribution in [2.75, 3.05) is 19.6 Å². The lowest BCUT2D eigenvalue weighted by atomic mass is 9.65. The van der Waals surface area contributed by atoms with Crippen molar-refractivity contribution in [3.63, 3.8) is 0 Å². The maximum absolute atomic E-state index is 14.3. The van der Waals surface area contributed by atoms with Crippen molar-refractivity contribution >= 4 is 11.9 Å². The highest BCUT2D eigenvalue weighted by Crippen LogP contribution is 2.58. The molecular formula is C23H28F5N3O3. The normalized spacial score (nSPS) is 34.7. The number of piperazine rings is 1. The largest absolute Gasteiger partial charge is 0.490 e. The SMILES string of the molecule is CC1(c2c(F)cccc2F)CC1C(=O)N1CCN2CCCC2C12CC(N)C2.O=C(O)C(F)(F)F. The first-order valence-electron chi connectivity index (χ1n) is 11.4. The highest BCUT2D eigenvalue weighted by atomic mass is 19.4. The lowest BCUT2D eigenvalue weighted by molar-refractivity contribution is -0.192. The zero-order chi connectivity index (χ0) is 25.1. The van der Waals surface area contributed by atoms with Gasteiger partial charge in [-0.2, -0.15) is 13.2 Å². The highest BCUT2D eigenvalue weighted by Gasteiger charge is 2.64. The van der Waals surface area contributed by atoms with E-state index in [1.807, 2.05) is 6.92 Å². The first-order chi connectivity index (χ1) is 15.8. The molecule has 1 aromatic rings. The Kier molecular flexibility index (Phi) is 6.17. The molecule has 3 atom stereocenters. The van der Waals surface area contributed by atoms with Gasteiger partial charge in [0.1, 0.15) is 11.6 Å². The molecule has 2 aliphatic carbocycles. The molecule has 188 valence electrons. The van der Waals surface area contributed by atoms with E-state index in [2.05, 4.69) is 9.80 Å². The number of amides is 1. The second kappa shape index (κ2) is 8.44. The third-order valence-corrected chi connectivity index (χ3v) is 7.94. The maximum atomic E-state index is 14.3. The van der Waals surface area contributed by atoms with E-state index in [0.717, 1.165) is 32.4 Å². The van der Waals surface area contributed by atoms with Gasteiger partial charge in [0.25, 0.3) is 0 Å². The summed E-state index contributed by atoms with van der Waals surface area (Å²) in [5.41, 5.74) is 5.31. The molecule has 5 rings (SSSR count). The van der Waals surface area contributed by atoms with Crippen molar-refractivity contribution in [2.24, 2.45) is 11.7 Å². The van der Waals surface area contributed by atoms with Crippen LogP contribution in [0.4, 0.5) is 22.0 Å². The zero-order valence-corrected chi connectivity index (χ0v) is 18.7. The predicted molar refractivity (Wildman–Crippen MR) is 112 cm³/mol. The van der Waals surface area contributed by atoms with Gasteiger partial charge in [-0.15, -0.1) is 0 Å². The number of carbonyl (C=O) groups excluding carboxylic acids is 1. The second-order valence-corrected chi connectivity index (χ2v) is 10.0. The highest BCUT2D eigenvalue weighted by molar-refractivity contribution is 5.85. The molecule has 1 amide bonds. The van der Waals surface area contributed by atoms with Crippen LogP contribution < -0.4 is 5.73 Å². The number of hydrogen-bond donors (Lipinski definition) is 2. The Morgan fingerprint density at radius 1 is 1.09 bits per heavy atom. The summed E-state index contributed by atoms with van der Waals surface area (Å²) in [5.74, 6) is -4.13. The summed E-state index contributed by atoms with van der Waals surface area (Å²) in [6, 6.07) is 4.49. The van der Waals surface area contributed by atoms with Crippen LogP contribution in [-0.2, 0) is 15.0 Å². The molecule has 2 saturated carbocycles. The molecule has 2 saturated heterocycles. The molecule has 0 radical (unpaired) electrons.